The molecule has 6 heteroatoms. The number of hydrogen-bond acceptors (Lipinski definition) is 4. The van der Waals surface area contributed by atoms with Gasteiger partial charge in [-0.15, -0.1) is 11.3 Å². The largest absolute Gasteiger partial charge is 0.297 e. The van der Waals surface area contributed by atoms with Crippen molar-refractivity contribution >= 4 is 22.9 Å². The fourth-order valence-corrected chi connectivity index (χ4v) is 2.11. The van der Waals surface area contributed by atoms with E-state index in [-0.39, 0.29) is 5.91 Å². The number of H-pyrrole nitrogens is 1. The first-order chi connectivity index (χ1) is 9.08. The van der Waals surface area contributed by atoms with Gasteiger partial charge >= 0.3 is 0 Å². The summed E-state index contributed by atoms with van der Waals surface area (Å²) in [4.78, 5) is 12.8. The Morgan fingerprint density at radius 1 is 1.47 bits per heavy atom. The molecule has 3 N–H and O–H groups in total. The minimum atomic E-state index is -0.291. The number of amides is 1. The summed E-state index contributed by atoms with van der Waals surface area (Å²) in [6, 6.07) is 5.60. The van der Waals surface area contributed by atoms with Gasteiger partial charge in [-0.25, -0.2) is 0 Å². The minimum absolute atomic E-state index is 0.291. The van der Waals surface area contributed by atoms with Gasteiger partial charge in [0.25, 0.3) is 5.91 Å². The molecule has 0 aliphatic carbocycles. The molecule has 0 aliphatic heterocycles. The Balaban J connectivity index is 1.92. The fraction of sp³-hybridized carbons (Fsp3) is 0.231. The van der Waals surface area contributed by atoms with Gasteiger partial charge in [-0.05, 0) is 23.4 Å². The van der Waals surface area contributed by atoms with Crippen LogP contribution in [0, 0.1) is 0 Å². The lowest BCUT2D eigenvalue weighted by Crippen LogP contribution is -2.35. The van der Waals surface area contributed by atoms with Gasteiger partial charge in [0.05, 0.1) is 10.6 Å². The average molecular weight is 276 g/mol. The second kappa shape index (κ2) is 5.71. The van der Waals surface area contributed by atoms with Crippen LogP contribution in [0.2, 0.25) is 0 Å². The van der Waals surface area contributed by atoms with E-state index in [0.29, 0.717) is 17.3 Å². The van der Waals surface area contributed by atoms with Gasteiger partial charge in [-0.2, -0.15) is 5.10 Å². The first kappa shape index (κ1) is 13.4. The topological polar surface area (TPSA) is 69.8 Å². The normalized spacial score (nSPS) is 10.5. The molecular formula is C13H16N4OS. The molecule has 0 radical (unpaired) electrons. The number of nitrogens with zero attached hydrogens (tertiary/aromatic N) is 1. The van der Waals surface area contributed by atoms with Crippen LogP contribution >= 0.6 is 11.3 Å². The third kappa shape index (κ3) is 3.23. The molecule has 5 nitrogen and oxygen atoms in total. The van der Waals surface area contributed by atoms with E-state index in [4.69, 9.17) is 0 Å². The van der Waals surface area contributed by atoms with E-state index in [2.05, 4.69) is 27.6 Å². The van der Waals surface area contributed by atoms with Gasteiger partial charge in [-0.1, -0.05) is 26.5 Å². The molecule has 0 aromatic carbocycles. The molecule has 0 saturated heterocycles. The summed E-state index contributed by atoms with van der Waals surface area (Å²) >= 11 is 1.55. The van der Waals surface area contributed by atoms with Crippen LogP contribution in [-0.2, 0) is 0 Å². The highest BCUT2D eigenvalue weighted by Crippen LogP contribution is 2.15. The van der Waals surface area contributed by atoms with Gasteiger partial charge < -0.3 is 0 Å². The highest BCUT2D eigenvalue weighted by atomic mass is 32.1. The van der Waals surface area contributed by atoms with E-state index in [1.54, 1.807) is 17.4 Å². The number of rotatable bonds is 5. The van der Waals surface area contributed by atoms with Crippen molar-refractivity contribution in [2.24, 2.45) is 0 Å². The number of nitrogens with one attached hydrogen (secondary N) is 3. The lowest BCUT2D eigenvalue weighted by Gasteiger charge is -2.07. The Kier molecular flexibility index (Phi) is 4.01. The lowest BCUT2D eigenvalue weighted by atomic mass is 10.1. The number of hydrogen-bond donors (Lipinski definition) is 3. The molecule has 0 bridgehead atoms. The van der Waals surface area contributed by atoms with E-state index in [9.17, 15) is 4.79 Å². The molecule has 0 unspecified atom stereocenters. The van der Waals surface area contributed by atoms with Crippen LogP contribution in [0.25, 0.3) is 5.70 Å². The van der Waals surface area contributed by atoms with Crippen molar-refractivity contribution in [3.05, 3.63) is 46.4 Å². The van der Waals surface area contributed by atoms with E-state index >= 15 is 0 Å². The van der Waals surface area contributed by atoms with Gasteiger partial charge in [0, 0.05) is 5.69 Å². The SMILES string of the molecule is C=C(NNC(=O)c1cc(C(C)C)[nH]n1)c1cccs1. The van der Waals surface area contributed by atoms with E-state index in [1.807, 2.05) is 31.4 Å². The Morgan fingerprint density at radius 3 is 2.84 bits per heavy atom. The first-order valence-corrected chi connectivity index (χ1v) is 6.80. The number of hydrazine groups is 1. The van der Waals surface area contributed by atoms with Crippen molar-refractivity contribution in [1.29, 1.82) is 0 Å². The second-order valence-corrected chi connectivity index (χ2v) is 5.35. The zero-order chi connectivity index (χ0) is 13.8. The molecule has 0 fully saturated rings. The third-order valence-corrected chi connectivity index (χ3v) is 3.53. The number of carbonyl (C=O) groups excluding carboxylic acids is 1. The molecule has 0 aliphatic rings. The second-order valence-electron chi connectivity index (χ2n) is 4.40. The smallest absolute Gasteiger partial charge is 0.290 e. The molecule has 2 heterocycles. The van der Waals surface area contributed by atoms with E-state index in [1.165, 1.54) is 0 Å². The number of aromatic nitrogens is 2. The summed E-state index contributed by atoms with van der Waals surface area (Å²) in [5.74, 6) is 0.0175. The maximum Gasteiger partial charge on any atom is 0.290 e. The van der Waals surface area contributed by atoms with Gasteiger partial charge in [-0.3, -0.25) is 20.7 Å². The van der Waals surface area contributed by atoms with Crippen LogP contribution in [0.4, 0.5) is 0 Å². The van der Waals surface area contributed by atoms with Gasteiger partial charge in [0.15, 0.2) is 5.69 Å². The quantitative estimate of drug-likeness (QED) is 0.735. The van der Waals surface area contributed by atoms with Crippen LogP contribution in [-0.4, -0.2) is 16.1 Å². The van der Waals surface area contributed by atoms with Crippen molar-refractivity contribution in [2.75, 3.05) is 0 Å². The van der Waals surface area contributed by atoms with Crippen molar-refractivity contribution in [3.8, 4) is 0 Å². The summed E-state index contributed by atoms with van der Waals surface area (Å²) in [5, 5.41) is 8.77. The summed E-state index contributed by atoms with van der Waals surface area (Å²) in [6.07, 6.45) is 0. The predicted molar refractivity (Wildman–Crippen MR) is 76.6 cm³/mol. The Hall–Kier alpha value is -2.08. The number of thiophene rings is 1. The van der Waals surface area contributed by atoms with Crippen molar-refractivity contribution in [1.82, 2.24) is 21.0 Å². The van der Waals surface area contributed by atoms with Crippen molar-refractivity contribution in [3.63, 3.8) is 0 Å². The average Bonchev–Trinajstić information content (AvgIpc) is 3.05. The van der Waals surface area contributed by atoms with Crippen LogP contribution < -0.4 is 10.9 Å². The Labute approximate surface area is 115 Å². The fourth-order valence-electron chi connectivity index (χ4n) is 1.46. The Morgan fingerprint density at radius 2 is 2.26 bits per heavy atom. The predicted octanol–water partition coefficient (Wildman–Crippen LogP) is 2.50. The number of aromatic amines is 1. The maximum atomic E-state index is 11.9. The van der Waals surface area contributed by atoms with Crippen molar-refractivity contribution in [2.45, 2.75) is 19.8 Å². The third-order valence-electron chi connectivity index (χ3n) is 2.60. The summed E-state index contributed by atoms with van der Waals surface area (Å²) < 4.78 is 0. The first-order valence-electron chi connectivity index (χ1n) is 5.92. The molecular weight excluding hydrogens is 260 g/mol. The van der Waals surface area contributed by atoms with Crippen LogP contribution in [0.5, 0.6) is 0 Å². The molecule has 1 amide bonds. The van der Waals surface area contributed by atoms with Gasteiger partial charge in [0.1, 0.15) is 0 Å². The van der Waals surface area contributed by atoms with Gasteiger partial charge in [0.2, 0.25) is 0 Å². The van der Waals surface area contributed by atoms with Crippen LogP contribution in [0.1, 0.15) is 40.8 Å². The molecule has 19 heavy (non-hydrogen) atoms. The number of carbonyl (C=O) groups is 1. The molecule has 2 rings (SSSR count). The standard InChI is InChI=1S/C13H16N4OS/c1-8(2)10-7-11(16-15-10)13(18)17-14-9(3)12-5-4-6-19-12/h4-8,14H,3H2,1-2H3,(H,15,16)(H,17,18). The molecule has 0 saturated carbocycles. The molecule has 100 valence electrons. The van der Waals surface area contributed by atoms with Crippen LogP contribution in [0.15, 0.2) is 30.2 Å². The highest BCUT2D eigenvalue weighted by Gasteiger charge is 2.12. The summed E-state index contributed by atoms with van der Waals surface area (Å²) in [6.45, 7) is 7.92. The molecule has 0 spiro atoms. The van der Waals surface area contributed by atoms with Crippen molar-refractivity contribution < 1.29 is 4.79 Å². The monoisotopic (exact) mass is 276 g/mol. The zero-order valence-corrected chi connectivity index (χ0v) is 11.7. The zero-order valence-electron chi connectivity index (χ0n) is 10.9. The van der Waals surface area contributed by atoms with Crippen LogP contribution in [0.3, 0.4) is 0 Å². The summed E-state index contributed by atoms with van der Waals surface area (Å²) in [5.41, 5.74) is 7.30. The van der Waals surface area contributed by atoms with E-state index < -0.39 is 0 Å². The summed E-state index contributed by atoms with van der Waals surface area (Å²) in [7, 11) is 0. The highest BCUT2D eigenvalue weighted by molar-refractivity contribution is 7.11. The van der Waals surface area contributed by atoms with E-state index in [0.717, 1.165) is 10.6 Å². The molecule has 2 aromatic heterocycles. The minimum Gasteiger partial charge on any atom is -0.297 e. The lowest BCUT2D eigenvalue weighted by molar-refractivity contribution is 0.0937. The molecule has 0 atom stereocenters. The Bertz CT molecular complexity index is 571. The molecule has 2 aromatic rings. The maximum absolute atomic E-state index is 11.9.